The van der Waals surface area contributed by atoms with Crippen LogP contribution in [-0.2, 0) is 20.8 Å². The molecule has 3 aliphatic rings. The van der Waals surface area contributed by atoms with Gasteiger partial charge in [0.2, 0.25) is 11.4 Å². The van der Waals surface area contributed by atoms with Crippen molar-refractivity contribution >= 4 is 17.6 Å². The quantitative estimate of drug-likeness (QED) is 0.545. The summed E-state index contributed by atoms with van der Waals surface area (Å²) in [5.74, 6) is -2.54. The average Bonchev–Trinajstić information content (AvgIpc) is 3.09. The van der Waals surface area contributed by atoms with Crippen molar-refractivity contribution in [3.63, 3.8) is 0 Å². The van der Waals surface area contributed by atoms with E-state index in [9.17, 15) is 27.6 Å². The SMILES string of the molecule is COc1ccc(CCN2C(=O)[C@](NC(=O)C3CCCCC3)(C(F)(F)F)C3=C2CC(C)(C)CC3=O)cc1OC. The average molecular weight is 537 g/mol. The van der Waals surface area contributed by atoms with Crippen LogP contribution in [0.15, 0.2) is 29.5 Å². The highest BCUT2D eigenvalue weighted by atomic mass is 19.4. The van der Waals surface area contributed by atoms with Crippen molar-refractivity contribution in [1.82, 2.24) is 10.2 Å². The summed E-state index contributed by atoms with van der Waals surface area (Å²) in [5.41, 5.74) is -3.85. The largest absolute Gasteiger partial charge is 0.493 e. The van der Waals surface area contributed by atoms with E-state index >= 15 is 0 Å². The van der Waals surface area contributed by atoms with Crippen LogP contribution in [-0.4, -0.2) is 55.0 Å². The molecule has 38 heavy (non-hydrogen) atoms. The maximum absolute atomic E-state index is 15.0. The molecule has 1 N–H and O–H groups in total. The molecule has 4 rings (SSSR count). The van der Waals surface area contributed by atoms with E-state index in [1.807, 2.05) is 0 Å². The second-order valence-corrected chi connectivity index (χ2v) is 11.2. The molecule has 2 amide bonds. The van der Waals surface area contributed by atoms with Crippen LogP contribution < -0.4 is 14.8 Å². The fourth-order valence-electron chi connectivity index (χ4n) is 5.99. The van der Waals surface area contributed by atoms with Crippen molar-refractivity contribution in [1.29, 1.82) is 0 Å². The third kappa shape index (κ3) is 4.89. The molecule has 0 spiro atoms. The number of halogens is 3. The van der Waals surface area contributed by atoms with Gasteiger partial charge in [0.25, 0.3) is 5.91 Å². The standard InChI is InChI=1S/C28H35F3N2O5/c1-26(2)15-19-23(20(34)16-26)27(28(29,30)31,32-24(35)18-8-6-5-7-9-18)25(36)33(19)13-12-17-10-11-21(37-3)22(14-17)38-4/h10-11,14,18H,5-9,12-13,15-16H2,1-4H3,(H,32,35)/t27-/m0/s1. The number of alkyl halides is 3. The second-order valence-electron chi connectivity index (χ2n) is 11.2. The summed E-state index contributed by atoms with van der Waals surface area (Å²) in [6.07, 6.45) is -1.68. The van der Waals surface area contributed by atoms with Crippen LogP contribution in [0.4, 0.5) is 13.2 Å². The lowest BCUT2D eigenvalue weighted by molar-refractivity contribution is -0.195. The number of carbonyl (C=O) groups is 3. The fraction of sp³-hybridized carbons (Fsp3) is 0.607. The number of nitrogens with zero attached hydrogens (tertiary/aromatic N) is 1. The molecule has 1 aliphatic heterocycles. The smallest absolute Gasteiger partial charge is 0.425 e. The van der Waals surface area contributed by atoms with Crippen molar-refractivity contribution in [2.24, 2.45) is 11.3 Å². The Hall–Kier alpha value is -3.04. The Labute approximate surface area is 220 Å². The van der Waals surface area contributed by atoms with E-state index in [1.165, 1.54) is 14.2 Å². The van der Waals surface area contributed by atoms with Gasteiger partial charge in [0.05, 0.1) is 19.8 Å². The van der Waals surface area contributed by atoms with Crippen LogP contribution in [0, 0.1) is 11.3 Å². The van der Waals surface area contributed by atoms with Gasteiger partial charge in [0.1, 0.15) is 0 Å². The predicted molar refractivity (Wildman–Crippen MR) is 134 cm³/mol. The first kappa shape index (κ1) is 28.0. The Balaban J connectivity index is 1.73. The Morgan fingerprint density at radius 2 is 1.71 bits per heavy atom. The van der Waals surface area contributed by atoms with Crippen LogP contribution >= 0.6 is 0 Å². The number of amides is 2. The van der Waals surface area contributed by atoms with Gasteiger partial charge >= 0.3 is 6.18 Å². The summed E-state index contributed by atoms with van der Waals surface area (Å²) in [4.78, 5) is 41.3. The normalized spacial score (nSPS) is 23.9. The van der Waals surface area contributed by atoms with Crippen molar-refractivity contribution in [2.45, 2.75) is 76.9 Å². The molecule has 1 atom stereocenters. The Morgan fingerprint density at radius 1 is 1.05 bits per heavy atom. The predicted octanol–water partition coefficient (Wildman–Crippen LogP) is 4.73. The molecule has 1 fully saturated rings. The number of nitrogens with one attached hydrogen (secondary N) is 1. The van der Waals surface area contributed by atoms with Gasteiger partial charge in [-0.3, -0.25) is 14.4 Å². The number of hydrogen-bond donors (Lipinski definition) is 1. The zero-order valence-corrected chi connectivity index (χ0v) is 22.3. The van der Waals surface area contributed by atoms with Crippen molar-refractivity contribution in [3.8, 4) is 11.5 Å². The van der Waals surface area contributed by atoms with Crippen molar-refractivity contribution in [2.75, 3.05) is 20.8 Å². The van der Waals surface area contributed by atoms with E-state index in [0.29, 0.717) is 24.3 Å². The first-order valence-electron chi connectivity index (χ1n) is 13.0. The Morgan fingerprint density at radius 3 is 2.32 bits per heavy atom. The van der Waals surface area contributed by atoms with E-state index in [-0.39, 0.29) is 31.5 Å². The number of methoxy groups -OCH3 is 2. The van der Waals surface area contributed by atoms with E-state index in [4.69, 9.17) is 9.47 Å². The summed E-state index contributed by atoms with van der Waals surface area (Å²) in [5, 5.41) is 2.10. The number of ether oxygens (including phenoxy) is 2. The maximum Gasteiger partial charge on any atom is 0.425 e. The van der Waals surface area contributed by atoms with Gasteiger partial charge in [0.15, 0.2) is 17.3 Å². The summed E-state index contributed by atoms with van der Waals surface area (Å²) >= 11 is 0. The van der Waals surface area contributed by atoms with Gasteiger partial charge in [-0.1, -0.05) is 39.2 Å². The molecule has 208 valence electrons. The van der Waals surface area contributed by atoms with E-state index < -0.39 is 46.2 Å². The minimum Gasteiger partial charge on any atom is -0.493 e. The van der Waals surface area contributed by atoms with Gasteiger partial charge < -0.3 is 19.7 Å². The number of Topliss-reactive ketones (excluding diaryl/α,β-unsaturated/α-hetero) is 1. The lowest BCUT2D eigenvalue weighted by Crippen LogP contribution is -2.67. The highest BCUT2D eigenvalue weighted by Crippen LogP contribution is 2.52. The lowest BCUT2D eigenvalue weighted by Gasteiger charge is -2.36. The number of rotatable bonds is 7. The number of benzene rings is 1. The number of carbonyl (C=O) groups excluding carboxylic acids is 3. The molecule has 1 aromatic carbocycles. The second kappa shape index (κ2) is 10.3. The molecule has 0 bridgehead atoms. The van der Waals surface area contributed by atoms with Crippen LogP contribution in [0.5, 0.6) is 11.5 Å². The topological polar surface area (TPSA) is 84.9 Å². The molecule has 1 aromatic rings. The third-order valence-corrected chi connectivity index (χ3v) is 7.90. The van der Waals surface area contributed by atoms with Gasteiger partial charge in [-0.05, 0) is 48.8 Å². The lowest BCUT2D eigenvalue weighted by atomic mass is 9.72. The van der Waals surface area contributed by atoms with Gasteiger partial charge in [-0.15, -0.1) is 0 Å². The highest BCUT2D eigenvalue weighted by Gasteiger charge is 2.71. The summed E-state index contributed by atoms with van der Waals surface area (Å²) < 4.78 is 55.5. The molecule has 2 aliphatic carbocycles. The third-order valence-electron chi connectivity index (χ3n) is 7.90. The number of ketones is 1. The van der Waals surface area contributed by atoms with Crippen LogP contribution in [0.3, 0.4) is 0 Å². The number of allylic oxidation sites excluding steroid dienone is 1. The summed E-state index contributed by atoms with van der Waals surface area (Å²) in [6.45, 7) is 3.49. The van der Waals surface area contributed by atoms with E-state index in [1.54, 1.807) is 32.0 Å². The highest BCUT2D eigenvalue weighted by molar-refractivity contribution is 6.13. The fourth-order valence-corrected chi connectivity index (χ4v) is 5.99. The molecule has 1 saturated carbocycles. The molecule has 0 aromatic heterocycles. The molecular formula is C28H35F3N2O5. The van der Waals surface area contributed by atoms with Crippen molar-refractivity contribution < 1.29 is 37.0 Å². The maximum atomic E-state index is 15.0. The van der Waals surface area contributed by atoms with Gasteiger partial charge in [-0.2, -0.15) is 13.2 Å². The molecular weight excluding hydrogens is 501 g/mol. The first-order chi connectivity index (χ1) is 17.8. The zero-order valence-electron chi connectivity index (χ0n) is 22.3. The van der Waals surface area contributed by atoms with Gasteiger partial charge in [0, 0.05) is 24.6 Å². The molecule has 7 nitrogen and oxygen atoms in total. The van der Waals surface area contributed by atoms with Crippen LogP contribution in [0.25, 0.3) is 0 Å². The minimum atomic E-state index is -5.19. The minimum absolute atomic E-state index is 0.0537. The van der Waals surface area contributed by atoms with Crippen LogP contribution in [0.1, 0.15) is 64.4 Å². The van der Waals surface area contributed by atoms with Crippen LogP contribution in [0.2, 0.25) is 0 Å². The molecule has 0 radical (unpaired) electrons. The van der Waals surface area contributed by atoms with Crippen molar-refractivity contribution in [3.05, 3.63) is 35.0 Å². The molecule has 0 unspecified atom stereocenters. The van der Waals surface area contributed by atoms with E-state index in [2.05, 4.69) is 5.32 Å². The first-order valence-corrected chi connectivity index (χ1v) is 13.0. The molecule has 0 saturated heterocycles. The Bertz CT molecular complexity index is 1150. The Kier molecular flexibility index (Phi) is 7.56. The zero-order chi connectivity index (χ0) is 27.9. The monoisotopic (exact) mass is 536 g/mol. The molecule has 1 heterocycles. The van der Waals surface area contributed by atoms with Gasteiger partial charge in [-0.25, -0.2) is 0 Å². The molecule has 10 heteroatoms. The summed E-state index contributed by atoms with van der Waals surface area (Å²) in [6, 6.07) is 5.13. The summed E-state index contributed by atoms with van der Waals surface area (Å²) in [7, 11) is 2.97. The van der Waals surface area contributed by atoms with E-state index in [0.717, 1.165) is 29.7 Å². The number of hydrogen-bond acceptors (Lipinski definition) is 5.